The van der Waals surface area contributed by atoms with Crippen molar-refractivity contribution in [2.45, 2.75) is 44.9 Å². The number of aliphatic hydroxyl groups is 1. The molecule has 100 valence electrons. The molecule has 1 heterocycles. The van der Waals surface area contributed by atoms with Gasteiger partial charge >= 0.3 is 0 Å². The van der Waals surface area contributed by atoms with Gasteiger partial charge in [0.2, 0.25) is 0 Å². The maximum Gasteiger partial charge on any atom is 0.0785 e. The quantitative estimate of drug-likeness (QED) is 0.724. The molecule has 0 bridgehead atoms. The number of methoxy groups -OCH3 is 1. The van der Waals surface area contributed by atoms with Gasteiger partial charge in [-0.3, -0.25) is 0 Å². The fourth-order valence-electron chi connectivity index (χ4n) is 3.42. The highest BCUT2D eigenvalue weighted by Gasteiger charge is 2.58. The van der Waals surface area contributed by atoms with Gasteiger partial charge < -0.3 is 19.9 Å². The molecule has 4 heteroatoms. The summed E-state index contributed by atoms with van der Waals surface area (Å²) in [7, 11) is 1.62. The molecule has 4 atom stereocenters. The van der Waals surface area contributed by atoms with Crippen molar-refractivity contribution in [3.8, 4) is 0 Å². The second-order valence-corrected chi connectivity index (χ2v) is 5.89. The Morgan fingerprint density at radius 1 is 1.53 bits per heavy atom. The standard InChI is InChI=1S/C13H25NO3/c1-13(2)11(10-5-7-17-12(10)13)14-6-4-9(15)8-16-3/h9-12,14-15H,4-8H2,1-3H3. The molecular formula is C13H25NO3. The molecule has 1 aliphatic carbocycles. The first kappa shape index (κ1) is 13.3. The van der Waals surface area contributed by atoms with Gasteiger partial charge in [0.05, 0.1) is 18.8 Å². The van der Waals surface area contributed by atoms with Gasteiger partial charge in [-0.2, -0.15) is 0 Å². The predicted octanol–water partition coefficient (Wildman–Crippen LogP) is 0.787. The number of rotatable bonds is 6. The summed E-state index contributed by atoms with van der Waals surface area (Å²) in [6.07, 6.45) is 2.00. The van der Waals surface area contributed by atoms with Crippen LogP contribution in [-0.2, 0) is 9.47 Å². The molecule has 4 unspecified atom stereocenters. The topological polar surface area (TPSA) is 50.7 Å². The van der Waals surface area contributed by atoms with E-state index in [0.717, 1.165) is 19.6 Å². The molecule has 0 radical (unpaired) electrons. The zero-order valence-corrected chi connectivity index (χ0v) is 11.1. The van der Waals surface area contributed by atoms with Crippen molar-refractivity contribution in [3.05, 3.63) is 0 Å². The maximum absolute atomic E-state index is 9.58. The van der Waals surface area contributed by atoms with Gasteiger partial charge in [-0.1, -0.05) is 13.8 Å². The van der Waals surface area contributed by atoms with Crippen LogP contribution < -0.4 is 5.32 Å². The molecule has 2 N–H and O–H groups in total. The SMILES string of the molecule is COCC(O)CCNC1C2CCOC2C1(C)C. The number of fused-ring (bicyclic) bond motifs is 1. The second-order valence-electron chi connectivity index (χ2n) is 5.89. The van der Waals surface area contributed by atoms with Crippen LogP contribution in [0, 0.1) is 11.3 Å². The second kappa shape index (κ2) is 5.22. The summed E-state index contributed by atoms with van der Waals surface area (Å²) in [4.78, 5) is 0. The molecule has 2 rings (SSSR count). The van der Waals surface area contributed by atoms with Crippen LogP contribution in [0.15, 0.2) is 0 Å². The van der Waals surface area contributed by atoms with E-state index in [1.54, 1.807) is 7.11 Å². The maximum atomic E-state index is 9.58. The Bertz CT molecular complexity index is 257. The van der Waals surface area contributed by atoms with Crippen LogP contribution in [0.5, 0.6) is 0 Å². The van der Waals surface area contributed by atoms with Crippen LogP contribution in [0.4, 0.5) is 0 Å². The van der Waals surface area contributed by atoms with Crippen LogP contribution in [-0.4, -0.2) is 50.2 Å². The summed E-state index contributed by atoms with van der Waals surface area (Å²) in [5, 5.41) is 13.2. The highest BCUT2D eigenvalue weighted by Crippen LogP contribution is 2.51. The van der Waals surface area contributed by atoms with E-state index in [9.17, 15) is 5.11 Å². The van der Waals surface area contributed by atoms with Gasteiger partial charge in [0.15, 0.2) is 0 Å². The molecule has 1 saturated heterocycles. The van der Waals surface area contributed by atoms with E-state index >= 15 is 0 Å². The molecule has 2 aliphatic rings. The van der Waals surface area contributed by atoms with Crippen molar-refractivity contribution in [1.82, 2.24) is 5.32 Å². The first-order chi connectivity index (χ1) is 8.07. The Hall–Kier alpha value is -0.160. The summed E-state index contributed by atoms with van der Waals surface area (Å²) < 4.78 is 10.7. The van der Waals surface area contributed by atoms with E-state index in [2.05, 4.69) is 19.2 Å². The normalized spacial score (nSPS) is 36.4. The number of ether oxygens (including phenoxy) is 2. The van der Waals surface area contributed by atoms with Crippen molar-refractivity contribution in [3.63, 3.8) is 0 Å². The van der Waals surface area contributed by atoms with E-state index in [1.807, 2.05) is 0 Å². The third kappa shape index (κ3) is 2.50. The lowest BCUT2D eigenvalue weighted by Crippen LogP contribution is -2.66. The summed E-state index contributed by atoms with van der Waals surface area (Å²) in [5.41, 5.74) is 0.230. The van der Waals surface area contributed by atoms with E-state index in [1.165, 1.54) is 6.42 Å². The minimum atomic E-state index is -0.355. The van der Waals surface area contributed by atoms with Gasteiger partial charge in [0, 0.05) is 31.1 Å². The average molecular weight is 243 g/mol. The fraction of sp³-hybridized carbons (Fsp3) is 1.00. The summed E-state index contributed by atoms with van der Waals surface area (Å²) >= 11 is 0. The predicted molar refractivity (Wildman–Crippen MR) is 65.9 cm³/mol. The summed E-state index contributed by atoms with van der Waals surface area (Å²) in [6, 6.07) is 0.532. The first-order valence-electron chi connectivity index (χ1n) is 6.59. The zero-order chi connectivity index (χ0) is 12.5. The lowest BCUT2D eigenvalue weighted by molar-refractivity contribution is -0.112. The molecule has 1 saturated carbocycles. The average Bonchev–Trinajstić information content (AvgIpc) is 2.71. The van der Waals surface area contributed by atoms with Crippen LogP contribution >= 0.6 is 0 Å². The van der Waals surface area contributed by atoms with E-state index in [4.69, 9.17) is 9.47 Å². The Kier molecular flexibility index (Phi) is 4.08. The van der Waals surface area contributed by atoms with Crippen LogP contribution in [0.3, 0.4) is 0 Å². The lowest BCUT2D eigenvalue weighted by atomic mass is 9.57. The third-order valence-corrected chi connectivity index (χ3v) is 4.30. The van der Waals surface area contributed by atoms with Crippen LogP contribution in [0.2, 0.25) is 0 Å². The summed E-state index contributed by atoms with van der Waals surface area (Å²) in [5.74, 6) is 0.671. The van der Waals surface area contributed by atoms with E-state index in [-0.39, 0.29) is 11.5 Å². The minimum absolute atomic E-state index is 0.230. The fourth-order valence-corrected chi connectivity index (χ4v) is 3.42. The highest BCUT2D eigenvalue weighted by atomic mass is 16.5. The number of aliphatic hydroxyl groups excluding tert-OH is 1. The summed E-state index contributed by atoms with van der Waals surface area (Å²) in [6.45, 7) is 6.71. The van der Waals surface area contributed by atoms with Crippen LogP contribution in [0.1, 0.15) is 26.7 Å². The molecule has 0 amide bonds. The molecule has 4 nitrogen and oxygen atoms in total. The third-order valence-electron chi connectivity index (χ3n) is 4.30. The number of hydrogen-bond acceptors (Lipinski definition) is 4. The highest BCUT2D eigenvalue weighted by molar-refractivity contribution is 5.11. The number of hydrogen-bond donors (Lipinski definition) is 2. The van der Waals surface area contributed by atoms with Gasteiger partial charge in [0.1, 0.15) is 0 Å². The van der Waals surface area contributed by atoms with Gasteiger partial charge in [0.25, 0.3) is 0 Å². The van der Waals surface area contributed by atoms with Crippen molar-refractivity contribution in [2.24, 2.45) is 11.3 Å². The van der Waals surface area contributed by atoms with E-state index < -0.39 is 0 Å². The van der Waals surface area contributed by atoms with Crippen LogP contribution in [0.25, 0.3) is 0 Å². The Labute approximate surface area is 104 Å². The van der Waals surface area contributed by atoms with Crippen molar-refractivity contribution >= 4 is 0 Å². The van der Waals surface area contributed by atoms with Crippen molar-refractivity contribution < 1.29 is 14.6 Å². The van der Waals surface area contributed by atoms with Gasteiger partial charge in [-0.25, -0.2) is 0 Å². The lowest BCUT2D eigenvalue weighted by Gasteiger charge is -2.55. The minimum Gasteiger partial charge on any atom is -0.391 e. The largest absolute Gasteiger partial charge is 0.391 e. The first-order valence-corrected chi connectivity index (χ1v) is 6.59. The van der Waals surface area contributed by atoms with Crippen molar-refractivity contribution in [1.29, 1.82) is 0 Å². The van der Waals surface area contributed by atoms with Gasteiger partial charge in [-0.15, -0.1) is 0 Å². The van der Waals surface area contributed by atoms with E-state index in [0.29, 0.717) is 24.7 Å². The molecule has 0 spiro atoms. The smallest absolute Gasteiger partial charge is 0.0785 e. The molecule has 0 aromatic rings. The Balaban J connectivity index is 1.72. The zero-order valence-electron chi connectivity index (χ0n) is 11.1. The Morgan fingerprint density at radius 3 is 3.00 bits per heavy atom. The molecule has 2 fully saturated rings. The monoisotopic (exact) mass is 243 g/mol. The molecule has 1 aliphatic heterocycles. The van der Waals surface area contributed by atoms with Crippen molar-refractivity contribution in [2.75, 3.05) is 26.9 Å². The molecule has 17 heavy (non-hydrogen) atoms. The molecular weight excluding hydrogens is 218 g/mol. The van der Waals surface area contributed by atoms with Gasteiger partial charge in [-0.05, 0) is 19.4 Å². The molecule has 0 aromatic carbocycles. The Morgan fingerprint density at radius 2 is 2.29 bits per heavy atom. The number of nitrogens with one attached hydrogen (secondary N) is 1. The molecule has 0 aromatic heterocycles.